The lowest BCUT2D eigenvalue weighted by molar-refractivity contribution is -0.0879. The summed E-state index contributed by atoms with van der Waals surface area (Å²) in [7, 11) is 1.96. The Bertz CT molecular complexity index is 335. The minimum Gasteiger partial charge on any atom is -0.388 e. The van der Waals surface area contributed by atoms with Gasteiger partial charge in [-0.2, -0.15) is 5.10 Å². The first kappa shape index (κ1) is 9.68. The zero-order valence-electron chi connectivity index (χ0n) is 8.99. The van der Waals surface area contributed by atoms with E-state index in [0.717, 1.165) is 25.3 Å². The molecule has 1 aromatic rings. The molecular formula is C10H17N3O. The Hall–Kier alpha value is -0.870. The van der Waals surface area contributed by atoms with Crippen molar-refractivity contribution in [1.29, 1.82) is 0 Å². The van der Waals surface area contributed by atoms with E-state index >= 15 is 0 Å². The lowest BCUT2D eigenvalue weighted by atomic mass is 9.97. The van der Waals surface area contributed by atoms with Crippen molar-refractivity contribution in [1.82, 2.24) is 14.7 Å². The quantitative estimate of drug-likeness (QED) is 0.737. The molecule has 1 aliphatic heterocycles. The van der Waals surface area contributed by atoms with Crippen molar-refractivity contribution in [2.45, 2.75) is 26.0 Å². The molecule has 1 aromatic heterocycles. The normalized spacial score (nSPS) is 20.9. The molecule has 0 unspecified atom stereocenters. The highest BCUT2D eigenvalue weighted by atomic mass is 16.3. The summed E-state index contributed by atoms with van der Waals surface area (Å²) >= 11 is 0. The van der Waals surface area contributed by atoms with Crippen molar-refractivity contribution < 1.29 is 5.11 Å². The monoisotopic (exact) mass is 195 g/mol. The maximum atomic E-state index is 9.57. The van der Waals surface area contributed by atoms with Crippen LogP contribution in [-0.4, -0.2) is 38.5 Å². The Balaban J connectivity index is 1.96. The predicted octanol–water partition coefficient (Wildman–Crippen LogP) is 0.295. The zero-order valence-corrected chi connectivity index (χ0v) is 8.99. The van der Waals surface area contributed by atoms with E-state index in [2.05, 4.69) is 16.1 Å². The summed E-state index contributed by atoms with van der Waals surface area (Å²) in [4.78, 5) is 2.22. The Morgan fingerprint density at radius 1 is 1.57 bits per heavy atom. The van der Waals surface area contributed by atoms with Crippen LogP contribution in [0.15, 0.2) is 6.07 Å². The molecule has 2 rings (SSSR count). The molecule has 1 N–H and O–H groups in total. The summed E-state index contributed by atoms with van der Waals surface area (Å²) in [5.74, 6) is 0. The number of rotatable bonds is 2. The fourth-order valence-corrected chi connectivity index (χ4v) is 2.07. The first-order valence-corrected chi connectivity index (χ1v) is 4.90. The Kier molecular flexibility index (Phi) is 2.12. The second kappa shape index (κ2) is 3.07. The molecule has 0 bridgehead atoms. The van der Waals surface area contributed by atoms with Crippen LogP contribution in [-0.2, 0) is 13.6 Å². The molecule has 0 aliphatic carbocycles. The van der Waals surface area contributed by atoms with Gasteiger partial charge in [-0.3, -0.25) is 9.58 Å². The molecule has 1 saturated heterocycles. The number of aryl methyl sites for hydroxylation is 2. The summed E-state index contributed by atoms with van der Waals surface area (Å²) in [5, 5.41) is 13.9. The first-order chi connectivity index (χ1) is 6.46. The molecule has 0 amide bonds. The summed E-state index contributed by atoms with van der Waals surface area (Å²) in [5.41, 5.74) is 1.78. The lowest BCUT2D eigenvalue weighted by Gasteiger charge is -2.44. The maximum absolute atomic E-state index is 9.57. The molecular weight excluding hydrogens is 178 g/mol. The van der Waals surface area contributed by atoms with Crippen LogP contribution < -0.4 is 0 Å². The SMILES string of the molecule is Cc1cc(CN2CC(C)(O)C2)n(C)n1. The fourth-order valence-electron chi connectivity index (χ4n) is 2.07. The van der Waals surface area contributed by atoms with Gasteiger partial charge in [0, 0.05) is 26.7 Å². The molecule has 0 spiro atoms. The molecule has 2 heterocycles. The molecule has 0 atom stereocenters. The van der Waals surface area contributed by atoms with E-state index in [0.29, 0.717) is 0 Å². The van der Waals surface area contributed by atoms with Crippen molar-refractivity contribution in [2.75, 3.05) is 13.1 Å². The molecule has 14 heavy (non-hydrogen) atoms. The summed E-state index contributed by atoms with van der Waals surface area (Å²) in [6.07, 6.45) is 0. The molecule has 0 saturated carbocycles. The van der Waals surface area contributed by atoms with Gasteiger partial charge in [-0.15, -0.1) is 0 Å². The van der Waals surface area contributed by atoms with Gasteiger partial charge in [0.25, 0.3) is 0 Å². The van der Waals surface area contributed by atoms with Crippen molar-refractivity contribution in [3.63, 3.8) is 0 Å². The van der Waals surface area contributed by atoms with Crippen LogP contribution in [0.25, 0.3) is 0 Å². The van der Waals surface area contributed by atoms with Gasteiger partial charge in [-0.1, -0.05) is 0 Å². The average Bonchev–Trinajstić information content (AvgIpc) is 2.26. The third-order valence-electron chi connectivity index (χ3n) is 2.61. The van der Waals surface area contributed by atoms with Crippen molar-refractivity contribution in [3.8, 4) is 0 Å². The molecule has 4 nitrogen and oxygen atoms in total. The van der Waals surface area contributed by atoms with Gasteiger partial charge in [0.1, 0.15) is 0 Å². The third kappa shape index (κ3) is 1.81. The number of β-amino-alcohol motifs (C(OH)–C–C–N with tert-alkyl or cyclic N) is 1. The van der Waals surface area contributed by atoms with Crippen molar-refractivity contribution >= 4 is 0 Å². The number of hydrogen-bond acceptors (Lipinski definition) is 3. The predicted molar refractivity (Wildman–Crippen MR) is 53.8 cm³/mol. The molecule has 4 heteroatoms. The second-order valence-corrected chi connectivity index (χ2v) is 4.54. The van der Waals surface area contributed by atoms with Gasteiger partial charge in [-0.25, -0.2) is 0 Å². The number of aromatic nitrogens is 2. The standard InChI is InChI=1S/C10H17N3O/c1-8-4-9(12(3)11-8)5-13-6-10(2,14)7-13/h4,14H,5-7H2,1-3H3. The van der Waals surface area contributed by atoms with E-state index in [1.165, 1.54) is 5.69 Å². The van der Waals surface area contributed by atoms with Gasteiger partial charge < -0.3 is 5.11 Å². The molecule has 0 aromatic carbocycles. The Labute approximate surface area is 84.1 Å². The zero-order chi connectivity index (χ0) is 10.3. The highest BCUT2D eigenvalue weighted by Crippen LogP contribution is 2.21. The van der Waals surface area contributed by atoms with E-state index < -0.39 is 5.60 Å². The largest absolute Gasteiger partial charge is 0.388 e. The van der Waals surface area contributed by atoms with Crippen LogP contribution in [0.4, 0.5) is 0 Å². The maximum Gasteiger partial charge on any atom is 0.0872 e. The van der Waals surface area contributed by atoms with Gasteiger partial charge in [0.15, 0.2) is 0 Å². The minimum atomic E-state index is -0.479. The first-order valence-electron chi connectivity index (χ1n) is 4.90. The summed E-state index contributed by atoms with van der Waals surface area (Å²) < 4.78 is 1.91. The van der Waals surface area contributed by atoms with E-state index in [1.807, 2.05) is 25.6 Å². The molecule has 1 fully saturated rings. The highest BCUT2D eigenvalue weighted by molar-refractivity contribution is 5.09. The number of aliphatic hydroxyl groups is 1. The van der Waals surface area contributed by atoms with Gasteiger partial charge in [-0.05, 0) is 19.9 Å². The number of likely N-dealkylation sites (tertiary alicyclic amines) is 1. The summed E-state index contributed by atoms with van der Waals surface area (Å²) in [6, 6.07) is 2.09. The molecule has 78 valence electrons. The smallest absolute Gasteiger partial charge is 0.0872 e. The van der Waals surface area contributed by atoms with Crippen LogP contribution in [0.1, 0.15) is 18.3 Å². The number of nitrogens with zero attached hydrogens (tertiary/aromatic N) is 3. The lowest BCUT2D eigenvalue weighted by Crippen LogP contribution is -2.59. The Morgan fingerprint density at radius 3 is 2.64 bits per heavy atom. The molecule has 1 aliphatic rings. The van der Waals surface area contributed by atoms with Crippen LogP contribution >= 0.6 is 0 Å². The fraction of sp³-hybridized carbons (Fsp3) is 0.700. The topological polar surface area (TPSA) is 41.3 Å². The average molecular weight is 195 g/mol. The van der Waals surface area contributed by atoms with E-state index in [9.17, 15) is 5.11 Å². The number of hydrogen-bond donors (Lipinski definition) is 1. The second-order valence-electron chi connectivity index (χ2n) is 4.54. The molecule has 0 radical (unpaired) electrons. The van der Waals surface area contributed by atoms with Crippen LogP contribution in [0.2, 0.25) is 0 Å². The highest BCUT2D eigenvalue weighted by Gasteiger charge is 2.36. The van der Waals surface area contributed by atoms with Gasteiger partial charge >= 0.3 is 0 Å². The van der Waals surface area contributed by atoms with Gasteiger partial charge in [0.2, 0.25) is 0 Å². The van der Waals surface area contributed by atoms with Crippen LogP contribution in [0, 0.1) is 6.92 Å². The van der Waals surface area contributed by atoms with Crippen molar-refractivity contribution in [2.24, 2.45) is 7.05 Å². The van der Waals surface area contributed by atoms with E-state index in [4.69, 9.17) is 0 Å². The van der Waals surface area contributed by atoms with Crippen LogP contribution in [0.5, 0.6) is 0 Å². The van der Waals surface area contributed by atoms with E-state index in [1.54, 1.807) is 0 Å². The third-order valence-corrected chi connectivity index (χ3v) is 2.61. The van der Waals surface area contributed by atoms with Crippen LogP contribution in [0.3, 0.4) is 0 Å². The van der Waals surface area contributed by atoms with Gasteiger partial charge in [0.05, 0.1) is 17.0 Å². The van der Waals surface area contributed by atoms with E-state index in [-0.39, 0.29) is 0 Å². The summed E-state index contributed by atoms with van der Waals surface area (Å²) in [6.45, 7) is 6.27. The Morgan fingerprint density at radius 2 is 2.21 bits per heavy atom. The van der Waals surface area contributed by atoms with Crippen molar-refractivity contribution in [3.05, 3.63) is 17.5 Å². The minimum absolute atomic E-state index is 0.479.